The average molecular weight is 282 g/mol. The van der Waals surface area contributed by atoms with Crippen LogP contribution >= 0.6 is 0 Å². The Hall–Kier alpha value is -1.10. The number of amides is 1. The number of piperidine rings is 1. The first kappa shape index (κ1) is 15.3. The first-order chi connectivity index (χ1) is 9.65. The summed E-state index contributed by atoms with van der Waals surface area (Å²) in [6.45, 7) is 4.19. The predicted octanol–water partition coefficient (Wildman–Crippen LogP) is 1.41. The van der Waals surface area contributed by atoms with Gasteiger partial charge in [0.2, 0.25) is 5.91 Å². The van der Waals surface area contributed by atoms with E-state index in [9.17, 15) is 9.59 Å². The quantitative estimate of drug-likeness (QED) is 0.691. The van der Waals surface area contributed by atoms with Crippen LogP contribution in [0.4, 0.5) is 0 Å². The van der Waals surface area contributed by atoms with Crippen molar-refractivity contribution in [2.24, 2.45) is 0 Å². The molecule has 1 aliphatic heterocycles. The van der Waals surface area contributed by atoms with E-state index < -0.39 is 0 Å². The van der Waals surface area contributed by atoms with E-state index in [0.717, 1.165) is 45.2 Å². The number of nitrogens with zero attached hydrogens (tertiary/aromatic N) is 2. The summed E-state index contributed by atoms with van der Waals surface area (Å²) in [5.41, 5.74) is 0. The largest absolute Gasteiger partial charge is 0.469 e. The Labute approximate surface area is 121 Å². The maximum Gasteiger partial charge on any atom is 0.307 e. The van der Waals surface area contributed by atoms with E-state index in [2.05, 4.69) is 4.90 Å². The van der Waals surface area contributed by atoms with Gasteiger partial charge in [-0.2, -0.15) is 0 Å². The third kappa shape index (κ3) is 3.95. The highest BCUT2D eigenvalue weighted by Crippen LogP contribution is 2.27. The van der Waals surface area contributed by atoms with Gasteiger partial charge < -0.3 is 9.64 Å². The molecule has 0 spiro atoms. The summed E-state index contributed by atoms with van der Waals surface area (Å²) in [6.07, 6.45) is 5.92. The molecular formula is C15H26N2O3. The van der Waals surface area contributed by atoms with Crippen LogP contribution in [0.1, 0.15) is 45.4 Å². The van der Waals surface area contributed by atoms with Crippen LogP contribution in [0, 0.1) is 0 Å². The van der Waals surface area contributed by atoms with Crippen LogP contribution in [0.5, 0.6) is 0 Å². The van der Waals surface area contributed by atoms with Gasteiger partial charge >= 0.3 is 5.97 Å². The van der Waals surface area contributed by atoms with E-state index in [1.807, 2.05) is 11.8 Å². The summed E-state index contributed by atoms with van der Waals surface area (Å²) in [6, 6.07) is 0.634. The number of rotatable bonds is 6. The summed E-state index contributed by atoms with van der Waals surface area (Å²) in [7, 11) is 1.42. The van der Waals surface area contributed by atoms with Gasteiger partial charge in [-0.15, -0.1) is 0 Å². The second-order valence-corrected chi connectivity index (χ2v) is 5.81. The van der Waals surface area contributed by atoms with Crippen LogP contribution in [0.15, 0.2) is 0 Å². The van der Waals surface area contributed by atoms with E-state index in [0.29, 0.717) is 19.0 Å². The van der Waals surface area contributed by atoms with E-state index in [-0.39, 0.29) is 17.9 Å². The lowest BCUT2D eigenvalue weighted by Gasteiger charge is -2.36. The van der Waals surface area contributed by atoms with Gasteiger partial charge in [0, 0.05) is 18.6 Å². The first-order valence-corrected chi connectivity index (χ1v) is 7.76. The maximum atomic E-state index is 12.4. The van der Waals surface area contributed by atoms with Gasteiger partial charge in [0.15, 0.2) is 0 Å². The van der Waals surface area contributed by atoms with E-state index in [1.54, 1.807) is 0 Å². The lowest BCUT2D eigenvalue weighted by atomic mass is 9.99. The van der Waals surface area contributed by atoms with Gasteiger partial charge in [-0.05, 0) is 39.2 Å². The SMILES string of the molecule is CCN(C(=O)CN1CCCCC1CC(=O)OC)C1CC1. The number of carbonyl (C=O) groups excluding carboxylic acids is 2. The number of hydrogen-bond donors (Lipinski definition) is 0. The van der Waals surface area contributed by atoms with Crippen molar-refractivity contribution in [3.05, 3.63) is 0 Å². The Balaban J connectivity index is 1.90. The van der Waals surface area contributed by atoms with Crippen molar-refractivity contribution in [2.45, 2.75) is 57.5 Å². The summed E-state index contributed by atoms with van der Waals surface area (Å²) in [5.74, 6) is 0.0376. The molecule has 1 saturated heterocycles. The fourth-order valence-electron chi connectivity index (χ4n) is 3.06. The molecule has 1 aliphatic carbocycles. The molecule has 20 heavy (non-hydrogen) atoms. The number of ether oxygens (including phenoxy) is 1. The van der Waals surface area contributed by atoms with Gasteiger partial charge in [-0.25, -0.2) is 0 Å². The Morgan fingerprint density at radius 3 is 2.60 bits per heavy atom. The topological polar surface area (TPSA) is 49.9 Å². The minimum Gasteiger partial charge on any atom is -0.469 e. The van der Waals surface area contributed by atoms with Crippen molar-refractivity contribution in [3.8, 4) is 0 Å². The molecule has 114 valence electrons. The highest BCUT2D eigenvalue weighted by atomic mass is 16.5. The highest BCUT2D eigenvalue weighted by molar-refractivity contribution is 5.79. The van der Waals surface area contributed by atoms with Crippen LogP contribution in [0.3, 0.4) is 0 Å². The standard InChI is InChI=1S/C15H26N2O3/c1-3-17(12-7-8-12)14(18)11-16-9-5-4-6-13(16)10-15(19)20-2/h12-13H,3-11H2,1-2H3. The average Bonchev–Trinajstić information content (AvgIpc) is 3.26. The molecule has 0 aromatic rings. The number of likely N-dealkylation sites (N-methyl/N-ethyl adjacent to an activating group) is 1. The lowest BCUT2D eigenvalue weighted by molar-refractivity contribution is -0.143. The number of methoxy groups -OCH3 is 1. The fraction of sp³-hybridized carbons (Fsp3) is 0.867. The molecule has 1 amide bonds. The van der Waals surface area contributed by atoms with E-state index in [4.69, 9.17) is 4.74 Å². The van der Waals surface area contributed by atoms with E-state index >= 15 is 0 Å². The summed E-state index contributed by atoms with van der Waals surface area (Å²) >= 11 is 0. The Morgan fingerprint density at radius 2 is 2.00 bits per heavy atom. The van der Waals surface area contributed by atoms with Gasteiger partial charge in [0.05, 0.1) is 20.1 Å². The molecule has 2 aliphatic rings. The van der Waals surface area contributed by atoms with Crippen molar-refractivity contribution < 1.29 is 14.3 Å². The van der Waals surface area contributed by atoms with Gasteiger partial charge in [0.25, 0.3) is 0 Å². The van der Waals surface area contributed by atoms with Crippen LogP contribution in [0.2, 0.25) is 0 Å². The number of likely N-dealkylation sites (tertiary alicyclic amines) is 1. The second-order valence-electron chi connectivity index (χ2n) is 5.81. The highest BCUT2D eigenvalue weighted by Gasteiger charge is 2.33. The summed E-state index contributed by atoms with van der Waals surface area (Å²) in [5, 5.41) is 0. The van der Waals surface area contributed by atoms with Crippen molar-refractivity contribution >= 4 is 11.9 Å². The molecule has 0 N–H and O–H groups in total. The molecule has 5 heteroatoms. The molecule has 1 atom stereocenters. The number of hydrogen-bond acceptors (Lipinski definition) is 4. The fourth-order valence-corrected chi connectivity index (χ4v) is 3.06. The van der Waals surface area contributed by atoms with Crippen molar-refractivity contribution in [3.63, 3.8) is 0 Å². The second kappa shape index (κ2) is 7.07. The van der Waals surface area contributed by atoms with Crippen LogP contribution in [-0.2, 0) is 14.3 Å². The molecule has 0 bridgehead atoms. The zero-order valence-electron chi connectivity index (χ0n) is 12.6. The Bertz CT molecular complexity index is 355. The van der Waals surface area contributed by atoms with Crippen LogP contribution in [0.25, 0.3) is 0 Å². The van der Waals surface area contributed by atoms with Crippen molar-refractivity contribution in [1.82, 2.24) is 9.80 Å². The molecule has 0 radical (unpaired) electrons. The summed E-state index contributed by atoms with van der Waals surface area (Å²) in [4.78, 5) is 28.0. The lowest BCUT2D eigenvalue weighted by Crippen LogP contribution is -2.48. The van der Waals surface area contributed by atoms with Gasteiger partial charge in [-0.1, -0.05) is 6.42 Å². The third-order valence-corrected chi connectivity index (χ3v) is 4.37. The predicted molar refractivity (Wildman–Crippen MR) is 76.3 cm³/mol. The van der Waals surface area contributed by atoms with Crippen LogP contribution in [-0.4, -0.2) is 60.5 Å². The number of carbonyl (C=O) groups is 2. The monoisotopic (exact) mass is 282 g/mol. The third-order valence-electron chi connectivity index (χ3n) is 4.37. The Kier molecular flexibility index (Phi) is 5.40. The molecule has 1 heterocycles. The zero-order valence-corrected chi connectivity index (χ0v) is 12.6. The van der Waals surface area contributed by atoms with Crippen molar-refractivity contribution in [1.29, 1.82) is 0 Å². The minimum absolute atomic E-state index is 0.165. The number of esters is 1. The smallest absolute Gasteiger partial charge is 0.307 e. The normalized spacial score (nSPS) is 23.4. The molecule has 2 fully saturated rings. The minimum atomic E-state index is -0.177. The van der Waals surface area contributed by atoms with E-state index in [1.165, 1.54) is 7.11 Å². The maximum absolute atomic E-state index is 12.4. The molecular weight excluding hydrogens is 256 g/mol. The van der Waals surface area contributed by atoms with Gasteiger partial charge in [-0.3, -0.25) is 14.5 Å². The summed E-state index contributed by atoms with van der Waals surface area (Å²) < 4.78 is 4.76. The molecule has 5 nitrogen and oxygen atoms in total. The Morgan fingerprint density at radius 1 is 1.25 bits per heavy atom. The van der Waals surface area contributed by atoms with Gasteiger partial charge in [0.1, 0.15) is 0 Å². The first-order valence-electron chi connectivity index (χ1n) is 7.76. The zero-order chi connectivity index (χ0) is 14.5. The molecule has 1 saturated carbocycles. The molecule has 0 aromatic heterocycles. The van der Waals surface area contributed by atoms with Crippen LogP contribution < -0.4 is 0 Å². The molecule has 2 rings (SSSR count). The van der Waals surface area contributed by atoms with Crippen molar-refractivity contribution in [2.75, 3.05) is 26.7 Å². The molecule has 0 aromatic carbocycles. The molecule has 1 unspecified atom stereocenters.